The van der Waals surface area contributed by atoms with Gasteiger partial charge >= 0.3 is 5.97 Å². The molecular formula is C14H24N2O3. The quantitative estimate of drug-likeness (QED) is 0.669. The third kappa shape index (κ3) is 2.91. The van der Waals surface area contributed by atoms with E-state index < -0.39 is 5.97 Å². The Balaban J connectivity index is 1.94. The first-order valence-electron chi connectivity index (χ1n) is 7.27. The monoisotopic (exact) mass is 268 g/mol. The standard InChI is InChI=1S/C14H24N2O3/c1-8(3-2-6-15)13(17)16-12-10-5-4-9(7-10)11(12)14(18)19/h8-12H,2-7,15H2,1H3,(H,16,17)(H,18,19). The molecule has 108 valence electrons. The van der Waals surface area contributed by atoms with E-state index in [1.807, 2.05) is 6.92 Å². The molecule has 0 spiro atoms. The van der Waals surface area contributed by atoms with Crippen molar-refractivity contribution in [1.82, 2.24) is 5.32 Å². The van der Waals surface area contributed by atoms with Gasteiger partial charge in [-0.3, -0.25) is 9.59 Å². The van der Waals surface area contributed by atoms with E-state index in [4.69, 9.17) is 5.73 Å². The van der Waals surface area contributed by atoms with Crippen LogP contribution in [-0.2, 0) is 9.59 Å². The van der Waals surface area contributed by atoms with Gasteiger partial charge in [-0.25, -0.2) is 0 Å². The van der Waals surface area contributed by atoms with Gasteiger partial charge in [0.05, 0.1) is 5.92 Å². The van der Waals surface area contributed by atoms with Gasteiger partial charge in [0.15, 0.2) is 0 Å². The summed E-state index contributed by atoms with van der Waals surface area (Å²) in [5.74, 6) is -0.630. The number of amides is 1. The fraction of sp³-hybridized carbons (Fsp3) is 0.857. The molecule has 2 fully saturated rings. The Hall–Kier alpha value is -1.10. The molecule has 2 saturated carbocycles. The van der Waals surface area contributed by atoms with Crippen molar-refractivity contribution in [2.45, 2.75) is 45.1 Å². The van der Waals surface area contributed by atoms with Crippen LogP contribution in [0.2, 0.25) is 0 Å². The first-order valence-corrected chi connectivity index (χ1v) is 7.27. The Kier molecular flexibility index (Phi) is 4.45. The van der Waals surface area contributed by atoms with Gasteiger partial charge in [-0.05, 0) is 50.5 Å². The lowest BCUT2D eigenvalue weighted by molar-refractivity contribution is -0.145. The number of hydrogen-bond donors (Lipinski definition) is 3. The second kappa shape index (κ2) is 5.90. The summed E-state index contributed by atoms with van der Waals surface area (Å²) in [4.78, 5) is 23.5. The maximum absolute atomic E-state index is 12.1. The average molecular weight is 268 g/mol. The minimum Gasteiger partial charge on any atom is -0.481 e. The molecule has 0 aromatic heterocycles. The van der Waals surface area contributed by atoms with Crippen LogP contribution in [0.3, 0.4) is 0 Å². The third-order valence-corrected chi connectivity index (χ3v) is 4.80. The third-order valence-electron chi connectivity index (χ3n) is 4.80. The molecule has 0 saturated heterocycles. The SMILES string of the molecule is CC(CCCN)C(=O)NC1C2CCC(C2)C1C(=O)O. The van der Waals surface area contributed by atoms with E-state index in [0.717, 1.165) is 32.1 Å². The molecule has 2 aliphatic rings. The lowest BCUT2D eigenvalue weighted by Crippen LogP contribution is -2.48. The first-order chi connectivity index (χ1) is 9.04. The first kappa shape index (κ1) is 14.3. The maximum atomic E-state index is 12.1. The lowest BCUT2D eigenvalue weighted by Gasteiger charge is -2.29. The van der Waals surface area contributed by atoms with E-state index in [2.05, 4.69) is 5.32 Å². The minimum absolute atomic E-state index is 0.0164. The van der Waals surface area contributed by atoms with Crippen LogP contribution in [0.25, 0.3) is 0 Å². The highest BCUT2D eigenvalue weighted by Gasteiger charge is 2.51. The summed E-state index contributed by atoms with van der Waals surface area (Å²) in [6, 6.07) is -0.163. The number of nitrogens with two attached hydrogens (primary N) is 1. The van der Waals surface area contributed by atoms with Gasteiger partial charge in [-0.2, -0.15) is 0 Å². The summed E-state index contributed by atoms with van der Waals surface area (Å²) in [6.45, 7) is 2.47. The van der Waals surface area contributed by atoms with Crippen LogP contribution in [-0.4, -0.2) is 29.6 Å². The van der Waals surface area contributed by atoms with Gasteiger partial charge in [0, 0.05) is 12.0 Å². The molecule has 19 heavy (non-hydrogen) atoms. The molecule has 0 heterocycles. The van der Waals surface area contributed by atoms with Crippen LogP contribution >= 0.6 is 0 Å². The second-order valence-electron chi connectivity index (χ2n) is 6.06. The van der Waals surface area contributed by atoms with Crippen molar-refractivity contribution in [3.63, 3.8) is 0 Å². The van der Waals surface area contributed by atoms with Crippen molar-refractivity contribution in [3.8, 4) is 0 Å². The molecule has 0 aromatic carbocycles. The predicted molar refractivity (Wildman–Crippen MR) is 71.3 cm³/mol. The zero-order chi connectivity index (χ0) is 14.0. The van der Waals surface area contributed by atoms with E-state index in [1.165, 1.54) is 0 Å². The molecule has 5 heteroatoms. The molecule has 0 radical (unpaired) electrons. The number of nitrogens with one attached hydrogen (secondary N) is 1. The van der Waals surface area contributed by atoms with Crippen molar-refractivity contribution in [2.24, 2.45) is 29.4 Å². The van der Waals surface area contributed by atoms with Gasteiger partial charge < -0.3 is 16.2 Å². The average Bonchev–Trinajstić information content (AvgIpc) is 2.96. The molecule has 0 aliphatic heterocycles. The van der Waals surface area contributed by atoms with Crippen molar-refractivity contribution in [1.29, 1.82) is 0 Å². The van der Waals surface area contributed by atoms with E-state index in [1.54, 1.807) is 0 Å². The number of carboxylic acids is 1. The molecule has 5 unspecified atom stereocenters. The number of carbonyl (C=O) groups is 2. The van der Waals surface area contributed by atoms with Crippen LogP contribution in [0, 0.1) is 23.7 Å². The number of hydrogen-bond acceptors (Lipinski definition) is 3. The van der Waals surface area contributed by atoms with Crippen LogP contribution < -0.4 is 11.1 Å². The van der Waals surface area contributed by atoms with Crippen LogP contribution in [0.4, 0.5) is 0 Å². The number of carbonyl (C=O) groups excluding carboxylic acids is 1. The highest BCUT2D eigenvalue weighted by molar-refractivity contribution is 5.80. The molecule has 2 rings (SSSR count). The maximum Gasteiger partial charge on any atom is 0.308 e. The number of fused-ring (bicyclic) bond motifs is 2. The van der Waals surface area contributed by atoms with Crippen molar-refractivity contribution in [2.75, 3.05) is 6.54 Å². The van der Waals surface area contributed by atoms with E-state index in [9.17, 15) is 14.7 Å². The zero-order valence-corrected chi connectivity index (χ0v) is 11.5. The van der Waals surface area contributed by atoms with Crippen LogP contribution in [0.1, 0.15) is 39.0 Å². The highest BCUT2D eigenvalue weighted by atomic mass is 16.4. The lowest BCUT2D eigenvalue weighted by atomic mass is 9.84. The summed E-state index contributed by atoms with van der Waals surface area (Å²) in [5.41, 5.74) is 5.44. The molecule has 2 aliphatic carbocycles. The highest BCUT2D eigenvalue weighted by Crippen LogP contribution is 2.48. The number of rotatable bonds is 6. The molecule has 4 N–H and O–H groups in total. The largest absolute Gasteiger partial charge is 0.481 e. The van der Waals surface area contributed by atoms with Gasteiger partial charge in [0.2, 0.25) is 5.91 Å². The number of aliphatic carboxylic acids is 1. The van der Waals surface area contributed by atoms with Gasteiger partial charge in [-0.15, -0.1) is 0 Å². The number of carboxylic acid groups (broad SMARTS) is 1. The summed E-state index contributed by atoms with van der Waals surface area (Å²) >= 11 is 0. The Morgan fingerprint density at radius 2 is 2.05 bits per heavy atom. The normalized spacial score (nSPS) is 34.2. The smallest absolute Gasteiger partial charge is 0.308 e. The second-order valence-corrected chi connectivity index (χ2v) is 6.06. The molecule has 1 amide bonds. The Morgan fingerprint density at radius 1 is 1.37 bits per heavy atom. The summed E-state index contributed by atoms with van der Waals surface area (Å²) < 4.78 is 0. The van der Waals surface area contributed by atoms with Crippen molar-refractivity contribution < 1.29 is 14.7 Å². The van der Waals surface area contributed by atoms with E-state index >= 15 is 0 Å². The zero-order valence-electron chi connectivity index (χ0n) is 11.5. The van der Waals surface area contributed by atoms with Crippen molar-refractivity contribution >= 4 is 11.9 Å². The van der Waals surface area contributed by atoms with Gasteiger partial charge in [0.25, 0.3) is 0 Å². The summed E-state index contributed by atoms with van der Waals surface area (Å²) in [6.07, 6.45) is 4.60. The van der Waals surface area contributed by atoms with Gasteiger partial charge in [-0.1, -0.05) is 6.92 Å². The van der Waals surface area contributed by atoms with E-state index in [0.29, 0.717) is 12.5 Å². The molecular weight excluding hydrogens is 244 g/mol. The van der Waals surface area contributed by atoms with Gasteiger partial charge in [0.1, 0.15) is 0 Å². The van der Waals surface area contributed by atoms with Crippen LogP contribution in [0.5, 0.6) is 0 Å². The fourth-order valence-electron chi connectivity index (χ4n) is 3.72. The molecule has 0 aromatic rings. The van der Waals surface area contributed by atoms with Crippen molar-refractivity contribution in [3.05, 3.63) is 0 Å². The van der Waals surface area contributed by atoms with Crippen LogP contribution in [0.15, 0.2) is 0 Å². The fourth-order valence-corrected chi connectivity index (χ4v) is 3.72. The Bertz CT molecular complexity index is 359. The molecule has 2 bridgehead atoms. The minimum atomic E-state index is -0.757. The Morgan fingerprint density at radius 3 is 2.68 bits per heavy atom. The summed E-state index contributed by atoms with van der Waals surface area (Å²) in [7, 11) is 0. The predicted octanol–water partition coefficient (Wildman–Crippen LogP) is 0.977. The molecule has 5 nitrogen and oxygen atoms in total. The summed E-state index contributed by atoms with van der Waals surface area (Å²) in [5, 5.41) is 12.3. The molecule has 5 atom stereocenters. The topological polar surface area (TPSA) is 92.4 Å². The Labute approximate surface area is 113 Å². The van der Waals surface area contributed by atoms with E-state index in [-0.39, 0.29) is 29.7 Å².